The first-order chi connectivity index (χ1) is 10.1. The summed E-state index contributed by atoms with van der Waals surface area (Å²) < 4.78 is 0. The van der Waals surface area contributed by atoms with Crippen molar-refractivity contribution in [1.29, 1.82) is 0 Å². The fourth-order valence-electron chi connectivity index (χ4n) is 2.52. The van der Waals surface area contributed by atoms with Gasteiger partial charge in [0.25, 0.3) is 0 Å². The standard InChI is InChI=1S/C16H33N3O2/c1-4-7-8-9-10-11-12-13-14(20)18-16(5-2,6-3)15(17)19-21/h21H,4-13H2,1-3H3,(H2,17,19)(H,18,20). The van der Waals surface area contributed by atoms with Gasteiger partial charge in [0, 0.05) is 6.42 Å². The van der Waals surface area contributed by atoms with Gasteiger partial charge in [-0.2, -0.15) is 0 Å². The first-order valence-electron chi connectivity index (χ1n) is 8.35. The van der Waals surface area contributed by atoms with E-state index in [0.717, 1.165) is 12.8 Å². The van der Waals surface area contributed by atoms with Crippen LogP contribution in [0, 0.1) is 0 Å². The molecular weight excluding hydrogens is 266 g/mol. The van der Waals surface area contributed by atoms with Gasteiger partial charge in [-0.1, -0.05) is 64.5 Å². The van der Waals surface area contributed by atoms with E-state index in [0.29, 0.717) is 19.3 Å². The van der Waals surface area contributed by atoms with Crippen molar-refractivity contribution >= 4 is 11.7 Å². The van der Waals surface area contributed by atoms with E-state index in [2.05, 4.69) is 17.4 Å². The number of rotatable bonds is 12. The van der Waals surface area contributed by atoms with E-state index >= 15 is 0 Å². The van der Waals surface area contributed by atoms with Crippen molar-refractivity contribution in [3.63, 3.8) is 0 Å². The Morgan fingerprint density at radius 3 is 2.05 bits per heavy atom. The third-order valence-corrected chi connectivity index (χ3v) is 4.19. The van der Waals surface area contributed by atoms with Crippen molar-refractivity contribution in [2.45, 2.75) is 90.5 Å². The molecule has 0 heterocycles. The van der Waals surface area contributed by atoms with Crippen LogP contribution in [0.4, 0.5) is 0 Å². The second-order valence-corrected chi connectivity index (χ2v) is 5.69. The maximum absolute atomic E-state index is 12.0. The molecule has 0 bridgehead atoms. The average molecular weight is 299 g/mol. The number of nitrogens with zero attached hydrogens (tertiary/aromatic N) is 1. The van der Waals surface area contributed by atoms with Gasteiger partial charge in [-0.05, 0) is 19.3 Å². The summed E-state index contributed by atoms with van der Waals surface area (Å²) >= 11 is 0. The highest BCUT2D eigenvalue weighted by molar-refractivity contribution is 5.93. The molecule has 124 valence electrons. The molecule has 0 aliphatic rings. The number of amides is 1. The van der Waals surface area contributed by atoms with Gasteiger partial charge in [0.1, 0.15) is 5.54 Å². The summed E-state index contributed by atoms with van der Waals surface area (Å²) in [5, 5.41) is 14.9. The molecule has 0 unspecified atom stereocenters. The van der Waals surface area contributed by atoms with Crippen molar-refractivity contribution in [2.75, 3.05) is 0 Å². The molecule has 0 aromatic rings. The first kappa shape index (κ1) is 19.7. The molecule has 0 rings (SSSR count). The van der Waals surface area contributed by atoms with Crippen molar-refractivity contribution in [3.05, 3.63) is 0 Å². The van der Waals surface area contributed by atoms with E-state index in [1.807, 2.05) is 13.8 Å². The van der Waals surface area contributed by atoms with Crippen LogP contribution in [0.2, 0.25) is 0 Å². The lowest BCUT2D eigenvalue weighted by molar-refractivity contribution is -0.122. The minimum absolute atomic E-state index is 0.0149. The highest BCUT2D eigenvalue weighted by Gasteiger charge is 2.32. The quantitative estimate of drug-likeness (QED) is 0.169. The van der Waals surface area contributed by atoms with Crippen LogP contribution >= 0.6 is 0 Å². The van der Waals surface area contributed by atoms with Gasteiger partial charge < -0.3 is 16.3 Å². The number of amidine groups is 1. The number of nitrogens with two attached hydrogens (primary N) is 1. The van der Waals surface area contributed by atoms with Crippen LogP contribution in [0.3, 0.4) is 0 Å². The summed E-state index contributed by atoms with van der Waals surface area (Å²) in [6.45, 7) is 6.06. The van der Waals surface area contributed by atoms with Gasteiger partial charge in [0.2, 0.25) is 5.91 Å². The summed E-state index contributed by atoms with van der Waals surface area (Å²) in [4.78, 5) is 12.0. The van der Waals surface area contributed by atoms with Crippen LogP contribution in [0.15, 0.2) is 5.16 Å². The van der Waals surface area contributed by atoms with Crippen molar-refractivity contribution < 1.29 is 10.0 Å². The molecular formula is C16H33N3O2. The largest absolute Gasteiger partial charge is 0.409 e. The topological polar surface area (TPSA) is 87.7 Å². The zero-order valence-corrected chi connectivity index (χ0v) is 14.0. The molecule has 0 saturated carbocycles. The van der Waals surface area contributed by atoms with Gasteiger partial charge in [-0.3, -0.25) is 4.79 Å². The molecule has 0 saturated heterocycles. The molecule has 0 aliphatic carbocycles. The van der Waals surface area contributed by atoms with Crippen LogP contribution in [-0.2, 0) is 4.79 Å². The highest BCUT2D eigenvalue weighted by Crippen LogP contribution is 2.16. The third-order valence-electron chi connectivity index (χ3n) is 4.19. The molecule has 0 spiro atoms. The Hall–Kier alpha value is -1.26. The highest BCUT2D eigenvalue weighted by atomic mass is 16.4. The molecule has 21 heavy (non-hydrogen) atoms. The minimum atomic E-state index is -0.715. The first-order valence-corrected chi connectivity index (χ1v) is 8.35. The van der Waals surface area contributed by atoms with Crippen LogP contribution in [-0.4, -0.2) is 22.5 Å². The molecule has 0 atom stereocenters. The Morgan fingerprint density at radius 2 is 1.57 bits per heavy atom. The molecule has 1 amide bonds. The van der Waals surface area contributed by atoms with Crippen LogP contribution < -0.4 is 11.1 Å². The Bertz CT molecular complexity index is 313. The number of carbonyl (C=O) groups excluding carboxylic acids is 1. The van der Waals surface area contributed by atoms with Gasteiger partial charge >= 0.3 is 0 Å². The zero-order valence-electron chi connectivity index (χ0n) is 14.0. The zero-order chi connectivity index (χ0) is 16.1. The predicted octanol–water partition coefficient (Wildman–Crippen LogP) is 3.55. The number of oxime groups is 1. The monoisotopic (exact) mass is 299 g/mol. The Kier molecular flexibility index (Phi) is 10.7. The van der Waals surface area contributed by atoms with E-state index in [9.17, 15) is 4.79 Å². The molecule has 5 nitrogen and oxygen atoms in total. The number of carbonyl (C=O) groups is 1. The summed E-state index contributed by atoms with van der Waals surface area (Å²) in [6.07, 6.45) is 10.0. The fourth-order valence-corrected chi connectivity index (χ4v) is 2.52. The maximum Gasteiger partial charge on any atom is 0.220 e. The van der Waals surface area contributed by atoms with Crippen LogP contribution in [0.25, 0.3) is 0 Å². The van der Waals surface area contributed by atoms with Crippen LogP contribution in [0.5, 0.6) is 0 Å². The number of unbranched alkanes of at least 4 members (excludes halogenated alkanes) is 6. The second kappa shape index (κ2) is 11.4. The summed E-state index contributed by atoms with van der Waals surface area (Å²) in [5.41, 5.74) is 5.01. The molecule has 0 fully saturated rings. The van der Waals surface area contributed by atoms with Gasteiger partial charge in [0.15, 0.2) is 5.84 Å². The lowest BCUT2D eigenvalue weighted by atomic mass is 9.91. The van der Waals surface area contributed by atoms with Crippen LogP contribution in [0.1, 0.15) is 85.0 Å². The second-order valence-electron chi connectivity index (χ2n) is 5.69. The molecule has 0 aromatic carbocycles. The van der Waals surface area contributed by atoms with Crippen molar-refractivity contribution in [2.24, 2.45) is 10.9 Å². The minimum Gasteiger partial charge on any atom is -0.409 e. The lowest BCUT2D eigenvalue weighted by Crippen LogP contribution is -2.56. The summed E-state index contributed by atoms with van der Waals surface area (Å²) in [5.74, 6) is 0.0688. The van der Waals surface area contributed by atoms with E-state index in [4.69, 9.17) is 10.9 Å². The number of hydrogen-bond donors (Lipinski definition) is 3. The Labute approximate surface area is 129 Å². The summed E-state index contributed by atoms with van der Waals surface area (Å²) in [7, 11) is 0. The number of hydrogen-bond acceptors (Lipinski definition) is 3. The van der Waals surface area contributed by atoms with Gasteiger partial charge in [-0.15, -0.1) is 0 Å². The predicted molar refractivity (Wildman–Crippen MR) is 87.5 cm³/mol. The number of nitrogens with one attached hydrogen (secondary N) is 1. The van der Waals surface area contributed by atoms with Crippen molar-refractivity contribution in [3.8, 4) is 0 Å². The molecule has 5 heteroatoms. The van der Waals surface area contributed by atoms with Crippen molar-refractivity contribution in [1.82, 2.24) is 5.32 Å². The molecule has 0 radical (unpaired) electrons. The smallest absolute Gasteiger partial charge is 0.220 e. The molecule has 4 N–H and O–H groups in total. The molecule has 0 aliphatic heterocycles. The average Bonchev–Trinajstić information content (AvgIpc) is 2.51. The van der Waals surface area contributed by atoms with Gasteiger partial charge in [0.05, 0.1) is 0 Å². The third kappa shape index (κ3) is 7.34. The van der Waals surface area contributed by atoms with E-state index in [1.165, 1.54) is 32.1 Å². The van der Waals surface area contributed by atoms with Gasteiger partial charge in [-0.25, -0.2) is 0 Å². The van der Waals surface area contributed by atoms with E-state index in [1.54, 1.807) is 0 Å². The van der Waals surface area contributed by atoms with E-state index in [-0.39, 0.29) is 11.7 Å². The Balaban J connectivity index is 4.06. The van der Waals surface area contributed by atoms with E-state index < -0.39 is 5.54 Å². The maximum atomic E-state index is 12.0. The Morgan fingerprint density at radius 1 is 1.05 bits per heavy atom. The fraction of sp³-hybridized carbons (Fsp3) is 0.875. The summed E-state index contributed by atoms with van der Waals surface area (Å²) in [6, 6.07) is 0. The molecule has 0 aromatic heterocycles. The normalized spacial score (nSPS) is 12.4. The lowest BCUT2D eigenvalue weighted by Gasteiger charge is -2.31. The SMILES string of the molecule is CCCCCCCCCC(=O)NC(CC)(CC)C(N)=NO.